The van der Waals surface area contributed by atoms with Crippen molar-refractivity contribution in [1.29, 1.82) is 0 Å². The van der Waals surface area contributed by atoms with Gasteiger partial charge in [0.05, 0.1) is 26.2 Å². The minimum Gasteiger partial charge on any atom is -0.459 e. The summed E-state index contributed by atoms with van der Waals surface area (Å²) in [6.07, 6.45) is -0.618. The fraction of sp³-hybridized carbons (Fsp3) is 0.364. The molecule has 0 bridgehead atoms. The third-order valence-electron chi connectivity index (χ3n) is 4.60. The molecule has 0 N–H and O–H groups in total. The van der Waals surface area contributed by atoms with Crippen molar-refractivity contribution in [3.63, 3.8) is 0 Å². The minimum atomic E-state index is -0.309. The zero-order chi connectivity index (χ0) is 19.9. The Kier molecular flexibility index (Phi) is 6.53. The molecule has 0 unspecified atom stereocenters. The van der Waals surface area contributed by atoms with Crippen molar-refractivity contribution in [3.8, 4) is 0 Å². The first-order chi connectivity index (χ1) is 13.5. The van der Waals surface area contributed by atoms with Gasteiger partial charge in [-0.15, -0.1) is 0 Å². The number of esters is 2. The quantitative estimate of drug-likeness (QED) is 0.758. The van der Waals surface area contributed by atoms with Crippen molar-refractivity contribution in [3.05, 3.63) is 60.7 Å². The summed E-state index contributed by atoms with van der Waals surface area (Å²) in [6.45, 7) is 4.94. The average Bonchev–Trinajstić information content (AvgIpc) is 2.65. The van der Waals surface area contributed by atoms with Crippen LogP contribution in [-0.2, 0) is 19.1 Å². The molecule has 1 aliphatic heterocycles. The summed E-state index contributed by atoms with van der Waals surface area (Å²) in [7, 11) is 0. The molecular formula is C22H26N2O4. The van der Waals surface area contributed by atoms with E-state index in [1.807, 2.05) is 60.7 Å². The van der Waals surface area contributed by atoms with Crippen molar-refractivity contribution >= 4 is 23.3 Å². The highest BCUT2D eigenvalue weighted by molar-refractivity contribution is 5.67. The van der Waals surface area contributed by atoms with Crippen LogP contribution in [0, 0.1) is 0 Å². The summed E-state index contributed by atoms with van der Waals surface area (Å²) in [5, 5.41) is 0. The second-order valence-corrected chi connectivity index (χ2v) is 6.94. The largest absolute Gasteiger partial charge is 0.459 e. The molecular weight excluding hydrogens is 356 g/mol. The van der Waals surface area contributed by atoms with Crippen molar-refractivity contribution in [1.82, 2.24) is 0 Å². The molecule has 2 aromatic rings. The second-order valence-electron chi connectivity index (χ2n) is 6.94. The van der Waals surface area contributed by atoms with Crippen molar-refractivity contribution in [2.24, 2.45) is 0 Å². The van der Waals surface area contributed by atoms with Gasteiger partial charge in [0, 0.05) is 25.2 Å². The van der Waals surface area contributed by atoms with Gasteiger partial charge in [-0.25, -0.2) is 0 Å². The highest BCUT2D eigenvalue weighted by atomic mass is 16.5. The molecule has 0 saturated carbocycles. The van der Waals surface area contributed by atoms with Crippen molar-refractivity contribution in [2.45, 2.75) is 26.1 Å². The first kappa shape index (κ1) is 19.7. The van der Waals surface area contributed by atoms with Gasteiger partial charge in [0.25, 0.3) is 0 Å². The van der Waals surface area contributed by atoms with Gasteiger partial charge in [0.2, 0.25) is 0 Å². The SMILES string of the molecule is CC(=O)OC1CN(c2ccccc2)CC(OC(C)=O)CN(c2ccccc2)C1. The van der Waals surface area contributed by atoms with Crippen LogP contribution in [0.4, 0.5) is 11.4 Å². The van der Waals surface area contributed by atoms with Crippen LogP contribution in [0.5, 0.6) is 0 Å². The van der Waals surface area contributed by atoms with Gasteiger partial charge in [-0.1, -0.05) is 36.4 Å². The molecule has 0 amide bonds. The van der Waals surface area contributed by atoms with Crippen LogP contribution in [0.15, 0.2) is 60.7 Å². The molecule has 148 valence electrons. The fourth-order valence-corrected chi connectivity index (χ4v) is 3.57. The predicted molar refractivity (Wildman–Crippen MR) is 108 cm³/mol. The van der Waals surface area contributed by atoms with E-state index in [0.29, 0.717) is 26.2 Å². The lowest BCUT2D eigenvalue weighted by Gasteiger charge is -2.39. The van der Waals surface area contributed by atoms with Crippen LogP contribution in [0.1, 0.15) is 13.8 Å². The number of nitrogens with zero attached hydrogens (tertiary/aromatic N) is 2. The second kappa shape index (κ2) is 9.26. The number of carbonyl (C=O) groups is 2. The third kappa shape index (κ3) is 5.49. The van der Waals surface area contributed by atoms with E-state index in [1.54, 1.807) is 0 Å². The Balaban J connectivity index is 1.90. The first-order valence-corrected chi connectivity index (χ1v) is 9.45. The number of anilines is 2. The number of ether oxygens (including phenoxy) is 2. The highest BCUT2D eigenvalue weighted by Gasteiger charge is 2.29. The zero-order valence-corrected chi connectivity index (χ0v) is 16.3. The maximum atomic E-state index is 11.7. The summed E-state index contributed by atoms with van der Waals surface area (Å²) in [6, 6.07) is 19.8. The Morgan fingerprint density at radius 1 is 0.679 bits per heavy atom. The molecule has 6 heteroatoms. The number of benzene rings is 2. The predicted octanol–water partition coefficient (Wildman–Crippen LogP) is 2.88. The normalized spacial score (nSPS) is 20.1. The van der Waals surface area contributed by atoms with Gasteiger partial charge in [0.1, 0.15) is 12.2 Å². The Bertz CT molecular complexity index is 702. The van der Waals surface area contributed by atoms with Crippen LogP contribution in [-0.4, -0.2) is 50.3 Å². The number of hydrogen-bond donors (Lipinski definition) is 0. The summed E-state index contributed by atoms with van der Waals surface area (Å²) >= 11 is 0. The summed E-state index contributed by atoms with van der Waals surface area (Å²) < 4.78 is 11.2. The molecule has 1 saturated heterocycles. The molecule has 0 aliphatic carbocycles. The van der Waals surface area contributed by atoms with Gasteiger partial charge < -0.3 is 19.3 Å². The summed E-state index contributed by atoms with van der Waals surface area (Å²) in [5.74, 6) is -0.605. The molecule has 3 rings (SSSR count). The van der Waals surface area contributed by atoms with Crippen LogP contribution in [0.2, 0.25) is 0 Å². The lowest BCUT2D eigenvalue weighted by molar-refractivity contribution is -0.146. The standard InChI is InChI=1S/C22H26N2O4/c1-17(25)27-21-13-23(19-9-5-3-6-10-19)15-22(28-18(2)26)16-24(14-21)20-11-7-4-8-12-20/h3-12,21-22H,13-16H2,1-2H3. The van der Waals surface area contributed by atoms with Gasteiger partial charge in [-0.2, -0.15) is 0 Å². The van der Waals surface area contributed by atoms with E-state index >= 15 is 0 Å². The number of carbonyl (C=O) groups excluding carboxylic acids is 2. The summed E-state index contributed by atoms with van der Waals surface area (Å²) in [4.78, 5) is 27.6. The Morgan fingerprint density at radius 3 is 1.29 bits per heavy atom. The van der Waals surface area contributed by atoms with E-state index in [9.17, 15) is 9.59 Å². The molecule has 1 fully saturated rings. The number of hydrogen-bond acceptors (Lipinski definition) is 6. The molecule has 28 heavy (non-hydrogen) atoms. The van der Waals surface area contributed by atoms with Gasteiger partial charge in [-0.3, -0.25) is 9.59 Å². The smallest absolute Gasteiger partial charge is 0.303 e. The van der Waals surface area contributed by atoms with Crippen molar-refractivity contribution < 1.29 is 19.1 Å². The van der Waals surface area contributed by atoms with Gasteiger partial charge in [-0.05, 0) is 24.3 Å². The van der Waals surface area contributed by atoms with Gasteiger partial charge in [0.15, 0.2) is 0 Å². The Hall–Kier alpha value is -3.02. The van der Waals surface area contributed by atoms with Crippen molar-refractivity contribution in [2.75, 3.05) is 36.0 Å². The van der Waals surface area contributed by atoms with E-state index in [2.05, 4.69) is 9.80 Å². The van der Waals surface area contributed by atoms with E-state index < -0.39 is 0 Å². The Morgan fingerprint density at radius 2 is 1.00 bits per heavy atom. The van der Waals surface area contributed by atoms with Crippen LogP contribution >= 0.6 is 0 Å². The molecule has 0 aromatic heterocycles. The molecule has 1 aliphatic rings. The zero-order valence-electron chi connectivity index (χ0n) is 16.3. The maximum Gasteiger partial charge on any atom is 0.303 e. The third-order valence-corrected chi connectivity index (χ3v) is 4.60. The van der Waals surface area contributed by atoms with E-state index in [1.165, 1.54) is 13.8 Å². The monoisotopic (exact) mass is 382 g/mol. The lowest BCUT2D eigenvalue weighted by Crippen LogP contribution is -2.52. The molecule has 2 aromatic carbocycles. The average molecular weight is 382 g/mol. The number of para-hydroxylation sites is 2. The summed E-state index contributed by atoms with van der Waals surface area (Å²) in [5.41, 5.74) is 2.01. The molecule has 0 radical (unpaired) electrons. The topological polar surface area (TPSA) is 59.1 Å². The highest BCUT2D eigenvalue weighted by Crippen LogP contribution is 2.22. The van der Waals surface area contributed by atoms with E-state index in [-0.39, 0.29) is 24.1 Å². The van der Waals surface area contributed by atoms with E-state index in [4.69, 9.17) is 9.47 Å². The van der Waals surface area contributed by atoms with Gasteiger partial charge >= 0.3 is 11.9 Å². The minimum absolute atomic E-state index is 0.303. The fourth-order valence-electron chi connectivity index (χ4n) is 3.57. The van der Waals surface area contributed by atoms with Crippen LogP contribution in [0.25, 0.3) is 0 Å². The number of rotatable bonds is 4. The molecule has 6 nitrogen and oxygen atoms in total. The Labute approximate surface area is 165 Å². The lowest BCUT2D eigenvalue weighted by atomic mass is 10.1. The van der Waals surface area contributed by atoms with Crippen LogP contribution < -0.4 is 9.80 Å². The molecule has 0 atom stereocenters. The molecule has 0 spiro atoms. The first-order valence-electron chi connectivity index (χ1n) is 9.45. The van der Waals surface area contributed by atoms with Crippen LogP contribution in [0.3, 0.4) is 0 Å². The van der Waals surface area contributed by atoms with E-state index in [0.717, 1.165) is 11.4 Å². The maximum absolute atomic E-state index is 11.7. The molecule has 1 heterocycles.